The van der Waals surface area contributed by atoms with Crippen LogP contribution in [0.2, 0.25) is 0 Å². The van der Waals surface area contributed by atoms with Crippen molar-refractivity contribution in [3.8, 4) is 5.75 Å². The van der Waals surface area contributed by atoms with Gasteiger partial charge in [0.1, 0.15) is 11.6 Å². The zero-order valence-corrected chi connectivity index (χ0v) is 5.73. The van der Waals surface area contributed by atoms with E-state index in [-0.39, 0.29) is 5.82 Å². The summed E-state index contributed by atoms with van der Waals surface area (Å²) >= 11 is 0. The molecule has 0 unspecified atom stereocenters. The highest BCUT2D eigenvalue weighted by atomic mass is 19.1. The molecule has 0 aliphatic heterocycles. The molecule has 0 aromatic heterocycles. The van der Waals surface area contributed by atoms with Gasteiger partial charge in [-0.05, 0) is 30.7 Å². The number of hydrogen-bond acceptors (Lipinski definition) is 1. The molecule has 1 aromatic carbocycles. The molecule has 10 heavy (non-hydrogen) atoms. The predicted octanol–water partition coefficient (Wildman–Crippen LogP) is 2.02. The fourth-order valence-corrected chi connectivity index (χ4v) is 0.678. The van der Waals surface area contributed by atoms with Gasteiger partial charge in [0.05, 0.1) is 7.11 Å². The third-order valence-electron chi connectivity index (χ3n) is 1.25. The summed E-state index contributed by atoms with van der Waals surface area (Å²) in [5.41, 5.74) is 0.361. The molecule has 0 fully saturated rings. The maximum Gasteiger partial charge on any atom is 0.126 e. The third-order valence-corrected chi connectivity index (χ3v) is 1.25. The number of methoxy groups -OCH3 is 1. The smallest absolute Gasteiger partial charge is 0.126 e. The Hall–Kier alpha value is -1.05. The zero-order valence-electron chi connectivity index (χ0n) is 5.73. The molecule has 0 saturated carbocycles. The quantitative estimate of drug-likeness (QED) is 0.578. The second-order valence-corrected chi connectivity index (χ2v) is 1.96. The SMILES string of the molecule is [CH2]c1cc(OC)ccc1F. The monoisotopic (exact) mass is 139 g/mol. The zero-order chi connectivity index (χ0) is 7.56. The molecule has 1 nitrogen and oxygen atoms in total. The first-order chi connectivity index (χ1) is 4.74. The first-order valence-electron chi connectivity index (χ1n) is 2.89. The van der Waals surface area contributed by atoms with Crippen molar-refractivity contribution in [2.24, 2.45) is 0 Å². The van der Waals surface area contributed by atoms with Gasteiger partial charge in [0.15, 0.2) is 0 Å². The number of hydrogen-bond donors (Lipinski definition) is 0. The van der Waals surface area contributed by atoms with Crippen LogP contribution in [0.4, 0.5) is 4.39 Å². The second-order valence-electron chi connectivity index (χ2n) is 1.96. The molecule has 0 aliphatic carbocycles. The maximum atomic E-state index is 12.5. The van der Waals surface area contributed by atoms with Crippen molar-refractivity contribution in [2.45, 2.75) is 0 Å². The predicted molar refractivity (Wildman–Crippen MR) is 37.4 cm³/mol. The van der Waals surface area contributed by atoms with Crippen molar-refractivity contribution in [2.75, 3.05) is 7.11 Å². The van der Waals surface area contributed by atoms with Gasteiger partial charge in [-0.1, -0.05) is 0 Å². The fourth-order valence-electron chi connectivity index (χ4n) is 0.678. The highest BCUT2D eigenvalue weighted by Gasteiger charge is 1.96. The van der Waals surface area contributed by atoms with Gasteiger partial charge in [-0.2, -0.15) is 0 Å². The molecule has 1 radical (unpaired) electrons. The van der Waals surface area contributed by atoms with Gasteiger partial charge in [-0.3, -0.25) is 0 Å². The minimum absolute atomic E-state index is 0.305. The van der Waals surface area contributed by atoms with Crippen LogP contribution in [0.15, 0.2) is 18.2 Å². The Balaban J connectivity index is 3.04. The van der Waals surface area contributed by atoms with Crippen molar-refractivity contribution in [3.63, 3.8) is 0 Å². The first-order valence-corrected chi connectivity index (χ1v) is 2.89. The molecule has 1 aromatic rings. The summed E-state index contributed by atoms with van der Waals surface area (Å²) in [5.74, 6) is 0.326. The van der Waals surface area contributed by atoms with Crippen molar-refractivity contribution in [1.82, 2.24) is 0 Å². The Kier molecular flexibility index (Phi) is 1.90. The molecular weight excluding hydrogens is 131 g/mol. The summed E-state index contributed by atoms with van der Waals surface area (Å²) in [5, 5.41) is 0. The minimum atomic E-state index is -0.305. The Morgan fingerprint density at radius 3 is 2.70 bits per heavy atom. The Morgan fingerprint density at radius 2 is 2.20 bits per heavy atom. The first kappa shape index (κ1) is 7.06. The van der Waals surface area contributed by atoms with E-state index in [2.05, 4.69) is 6.92 Å². The lowest BCUT2D eigenvalue weighted by Crippen LogP contribution is -1.85. The van der Waals surface area contributed by atoms with Crippen LogP contribution < -0.4 is 4.74 Å². The van der Waals surface area contributed by atoms with E-state index in [1.807, 2.05) is 0 Å². The molecule has 0 spiro atoms. The van der Waals surface area contributed by atoms with E-state index in [0.717, 1.165) is 0 Å². The summed E-state index contributed by atoms with van der Waals surface area (Å²) in [6.45, 7) is 3.47. The lowest BCUT2D eigenvalue weighted by atomic mass is 10.2. The molecule has 0 N–H and O–H groups in total. The van der Waals surface area contributed by atoms with E-state index >= 15 is 0 Å². The summed E-state index contributed by atoms with van der Waals surface area (Å²) < 4.78 is 17.4. The number of halogens is 1. The highest BCUT2D eigenvalue weighted by Crippen LogP contribution is 2.14. The lowest BCUT2D eigenvalue weighted by molar-refractivity contribution is 0.413. The van der Waals surface area contributed by atoms with Crippen LogP contribution >= 0.6 is 0 Å². The third kappa shape index (κ3) is 1.26. The molecule has 0 heterocycles. The van der Waals surface area contributed by atoms with E-state index in [1.165, 1.54) is 13.2 Å². The maximum absolute atomic E-state index is 12.5. The molecule has 2 heteroatoms. The van der Waals surface area contributed by atoms with E-state index in [9.17, 15) is 4.39 Å². The average Bonchev–Trinajstić information content (AvgIpc) is 1.95. The van der Waals surface area contributed by atoms with Crippen LogP contribution in [0.1, 0.15) is 5.56 Å². The molecule has 0 bridgehead atoms. The van der Waals surface area contributed by atoms with Gasteiger partial charge in [-0.15, -0.1) is 0 Å². The summed E-state index contributed by atoms with van der Waals surface area (Å²) in [7, 11) is 1.53. The van der Waals surface area contributed by atoms with Crippen LogP contribution in [-0.4, -0.2) is 7.11 Å². The Morgan fingerprint density at radius 1 is 1.50 bits per heavy atom. The fraction of sp³-hybridized carbons (Fsp3) is 0.125. The molecule has 53 valence electrons. The number of ether oxygens (including phenoxy) is 1. The molecule has 0 aliphatic rings. The average molecular weight is 139 g/mol. The van der Waals surface area contributed by atoms with Crippen LogP contribution in [-0.2, 0) is 0 Å². The molecule has 0 saturated heterocycles. The van der Waals surface area contributed by atoms with E-state index in [1.54, 1.807) is 12.1 Å². The van der Waals surface area contributed by atoms with E-state index < -0.39 is 0 Å². The largest absolute Gasteiger partial charge is 0.497 e. The van der Waals surface area contributed by atoms with Crippen molar-refractivity contribution in [3.05, 3.63) is 36.5 Å². The standard InChI is InChI=1S/C8H8FO/c1-6-5-7(10-2)3-4-8(6)9/h3-5H,1H2,2H3. The number of benzene rings is 1. The normalized spacial score (nSPS) is 9.50. The van der Waals surface area contributed by atoms with Crippen LogP contribution in [0.25, 0.3) is 0 Å². The highest BCUT2D eigenvalue weighted by molar-refractivity contribution is 5.31. The van der Waals surface area contributed by atoms with Crippen molar-refractivity contribution < 1.29 is 9.13 Å². The van der Waals surface area contributed by atoms with Gasteiger partial charge >= 0.3 is 0 Å². The molecule has 0 amide bonds. The van der Waals surface area contributed by atoms with Gasteiger partial charge < -0.3 is 4.74 Å². The topological polar surface area (TPSA) is 9.23 Å². The van der Waals surface area contributed by atoms with Crippen molar-refractivity contribution >= 4 is 0 Å². The van der Waals surface area contributed by atoms with Crippen LogP contribution in [0.5, 0.6) is 5.75 Å². The second kappa shape index (κ2) is 2.69. The van der Waals surface area contributed by atoms with E-state index in [0.29, 0.717) is 11.3 Å². The van der Waals surface area contributed by atoms with Gasteiger partial charge in [0.25, 0.3) is 0 Å². The Bertz CT molecular complexity index is 233. The van der Waals surface area contributed by atoms with Gasteiger partial charge in [0.2, 0.25) is 0 Å². The summed E-state index contributed by atoms with van der Waals surface area (Å²) in [4.78, 5) is 0. The Labute approximate surface area is 59.4 Å². The lowest BCUT2D eigenvalue weighted by Gasteiger charge is -1.99. The minimum Gasteiger partial charge on any atom is -0.497 e. The molecule has 0 atom stereocenters. The number of rotatable bonds is 1. The van der Waals surface area contributed by atoms with Crippen LogP contribution in [0, 0.1) is 12.7 Å². The molecular formula is C8H8FO. The van der Waals surface area contributed by atoms with Crippen LogP contribution in [0.3, 0.4) is 0 Å². The van der Waals surface area contributed by atoms with Crippen molar-refractivity contribution in [1.29, 1.82) is 0 Å². The molecule has 1 rings (SSSR count). The van der Waals surface area contributed by atoms with Gasteiger partial charge in [-0.25, -0.2) is 4.39 Å². The summed E-state index contributed by atoms with van der Waals surface area (Å²) in [6, 6.07) is 4.44. The van der Waals surface area contributed by atoms with Gasteiger partial charge in [0, 0.05) is 0 Å². The van der Waals surface area contributed by atoms with E-state index in [4.69, 9.17) is 4.74 Å². The summed E-state index contributed by atoms with van der Waals surface area (Å²) in [6.07, 6.45) is 0.